The third kappa shape index (κ3) is 6.16. The maximum Gasteiger partial charge on any atom is 0.264 e. The predicted octanol–water partition coefficient (Wildman–Crippen LogP) is 5.24. The largest absolute Gasteiger partial charge is 0.497 e. The Morgan fingerprint density at radius 1 is 0.865 bits per heavy atom. The third-order valence-electron chi connectivity index (χ3n) is 5.26. The molecule has 0 unspecified atom stereocenters. The van der Waals surface area contributed by atoms with Crippen molar-refractivity contribution in [3.63, 3.8) is 0 Å². The van der Waals surface area contributed by atoms with E-state index in [1.165, 1.54) is 38.3 Å². The maximum atomic E-state index is 13.1. The summed E-state index contributed by atoms with van der Waals surface area (Å²) in [5, 5.41) is 3.15. The van der Waals surface area contributed by atoms with Crippen molar-refractivity contribution in [2.24, 2.45) is 0 Å². The lowest BCUT2D eigenvalue weighted by Crippen LogP contribution is -2.16. The van der Waals surface area contributed by atoms with E-state index in [1.54, 1.807) is 55.6 Å². The standard InChI is InChI=1S/C26H23ClN4O5S/c1-16(32)28-19-8-11-21(12-9-19)37(33,34)31-26-29-23(17-4-6-18(27)7-5-17)15-24(30-26)22-13-10-20(35-2)14-25(22)36-3/h4-15H,1-3H3,(H,28,32)(H,29,30,31). The van der Waals surface area contributed by atoms with Crippen LogP contribution in [0.1, 0.15) is 6.92 Å². The van der Waals surface area contributed by atoms with Crippen molar-refractivity contribution in [1.29, 1.82) is 0 Å². The minimum Gasteiger partial charge on any atom is -0.497 e. The van der Waals surface area contributed by atoms with Gasteiger partial charge in [-0.05, 0) is 54.6 Å². The summed E-state index contributed by atoms with van der Waals surface area (Å²) in [7, 11) is -0.979. The Hall–Kier alpha value is -4.15. The molecule has 0 spiro atoms. The lowest BCUT2D eigenvalue weighted by Gasteiger charge is -2.14. The van der Waals surface area contributed by atoms with Gasteiger partial charge in [0.1, 0.15) is 11.5 Å². The van der Waals surface area contributed by atoms with Crippen LogP contribution in [0.3, 0.4) is 0 Å². The number of hydrogen-bond acceptors (Lipinski definition) is 7. The van der Waals surface area contributed by atoms with Crippen LogP contribution in [-0.4, -0.2) is 38.5 Å². The van der Waals surface area contributed by atoms with Crippen molar-refractivity contribution in [3.8, 4) is 34.0 Å². The number of nitrogens with zero attached hydrogens (tertiary/aromatic N) is 2. The summed E-state index contributed by atoms with van der Waals surface area (Å²) in [6.07, 6.45) is 0. The molecule has 11 heteroatoms. The Bertz CT molecular complexity index is 1540. The monoisotopic (exact) mass is 538 g/mol. The zero-order chi connectivity index (χ0) is 26.6. The highest BCUT2D eigenvalue weighted by molar-refractivity contribution is 7.92. The van der Waals surface area contributed by atoms with Gasteiger partial charge in [0.15, 0.2) is 0 Å². The fourth-order valence-electron chi connectivity index (χ4n) is 3.51. The molecule has 1 aromatic heterocycles. The number of carbonyl (C=O) groups is 1. The molecule has 2 N–H and O–H groups in total. The molecule has 190 valence electrons. The van der Waals surface area contributed by atoms with Gasteiger partial charge in [-0.3, -0.25) is 4.79 Å². The summed E-state index contributed by atoms with van der Waals surface area (Å²) in [5.74, 6) is 0.688. The van der Waals surface area contributed by atoms with E-state index in [0.717, 1.165) is 0 Å². The van der Waals surface area contributed by atoms with Crippen LogP contribution in [0.5, 0.6) is 11.5 Å². The number of sulfonamides is 1. The number of methoxy groups -OCH3 is 2. The maximum absolute atomic E-state index is 13.1. The quantitative estimate of drug-likeness (QED) is 0.315. The molecule has 4 aromatic rings. The van der Waals surface area contributed by atoms with Gasteiger partial charge >= 0.3 is 0 Å². The van der Waals surface area contributed by atoms with E-state index < -0.39 is 10.0 Å². The van der Waals surface area contributed by atoms with Gasteiger partial charge in [0, 0.05) is 34.8 Å². The summed E-state index contributed by atoms with van der Waals surface area (Å²) in [5.41, 5.74) is 2.69. The zero-order valence-corrected chi connectivity index (χ0v) is 21.7. The summed E-state index contributed by atoms with van der Waals surface area (Å²) in [4.78, 5) is 20.2. The van der Waals surface area contributed by atoms with Crippen LogP contribution in [0, 0.1) is 0 Å². The van der Waals surface area contributed by atoms with Crippen molar-refractivity contribution in [2.45, 2.75) is 11.8 Å². The third-order valence-corrected chi connectivity index (χ3v) is 6.86. The summed E-state index contributed by atoms with van der Waals surface area (Å²) >= 11 is 6.04. The molecule has 37 heavy (non-hydrogen) atoms. The van der Waals surface area contributed by atoms with Gasteiger partial charge in [0.05, 0.1) is 30.5 Å². The number of rotatable bonds is 8. The first-order valence-electron chi connectivity index (χ1n) is 11.0. The fourth-order valence-corrected chi connectivity index (χ4v) is 4.58. The molecule has 4 rings (SSSR count). The number of nitrogens with one attached hydrogen (secondary N) is 2. The molecule has 0 atom stereocenters. The molecule has 0 aliphatic heterocycles. The minimum atomic E-state index is -4.05. The van der Waals surface area contributed by atoms with Crippen molar-refractivity contribution in [2.75, 3.05) is 24.3 Å². The Morgan fingerprint density at radius 2 is 1.54 bits per heavy atom. The van der Waals surface area contributed by atoms with Crippen molar-refractivity contribution < 1.29 is 22.7 Å². The van der Waals surface area contributed by atoms with E-state index >= 15 is 0 Å². The number of aromatic nitrogens is 2. The zero-order valence-electron chi connectivity index (χ0n) is 20.2. The van der Waals surface area contributed by atoms with E-state index in [1.807, 2.05) is 0 Å². The normalized spacial score (nSPS) is 11.0. The number of amides is 1. The first-order valence-corrected chi connectivity index (χ1v) is 12.8. The van der Waals surface area contributed by atoms with E-state index in [9.17, 15) is 13.2 Å². The van der Waals surface area contributed by atoms with Gasteiger partial charge in [-0.25, -0.2) is 23.1 Å². The molecule has 1 heterocycles. The van der Waals surface area contributed by atoms with Gasteiger partial charge in [-0.15, -0.1) is 0 Å². The molecular weight excluding hydrogens is 516 g/mol. The van der Waals surface area contributed by atoms with Crippen LogP contribution in [-0.2, 0) is 14.8 Å². The van der Waals surface area contributed by atoms with E-state index in [4.69, 9.17) is 21.1 Å². The molecule has 3 aromatic carbocycles. The van der Waals surface area contributed by atoms with Crippen LogP contribution in [0.2, 0.25) is 5.02 Å². The van der Waals surface area contributed by atoms with Crippen LogP contribution < -0.4 is 19.5 Å². The van der Waals surface area contributed by atoms with Crippen LogP contribution in [0.4, 0.5) is 11.6 Å². The molecular formula is C26H23ClN4O5S. The molecule has 1 amide bonds. The first kappa shape index (κ1) is 25.9. The number of carbonyl (C=O) groups excluding carboxylic acids is 1. The molecule has 0 bridgehead atoms. The Kier molecular flexibility index (Phi) is 7.61. The Labute approximate surface area is 219 Å². The first-order chi connectivity index (χ1) is 17.7. The summed E-state index contributed by atoms with van der Waals surface area (Å²) in [6, 6.07) is 19.7. The molecule has 0 saturated heterocycles. The highest BCUT2D eigenvalue weighted by Crippen LogP contribution is 2.35. The fraction of sp³-hybridized carbons (Fsp3) is 0.115. The topological polar surface area (TPSA) is 120 Å². The highest BCUT2D eigenvalue weighted by Gasteiger charge is 2.19. The van der Waals surface area contributed by atoms with Gasteiger partial charge in [0.25, 0.3) is 10.0 Å². The minimum absolute atomic E-state index is 0.0225. The van der Waals surface area contributed by atoms with Gasteiger partial charge in [0.2, 0.25) is 11.9 Å². The number of halogens is 1. The van der Waals surface area contributed by atoms with Crippen LogP contribution >= 0.6 is 11.6 Å². The number of benzene rings is 3. The molecule has 0 saturated carbocycles. The summed E-state index contributed by atoms with van der Waals surface area (Å²) in [6.45, 7) is 1.37. The lowest BCUT2D eigenvalue weighted by atomic mass is 10.1. The molecule has 0 fully saturated rings. The Morgan fingerprint density at radius 3 is 2.16 bits per heavy atom. The van der Waals surface area contributed by atoms with E-state index in [2.05, 4.69) is 20.0 Å². The van der Waals surface area contributed by atoms with Crippen LogP contribution in [0.15, 0.2) is 77.7 Å². The van der Waals surface area contributed by atoms with Gasteiger partial charge in [-0.2, -0.15) is 0 Å². The average molecular weight is 539 g/mol. The second-order valence-electron chi connectivity index (χ2n) is 7.85. The van der Waals surface area contributed by atoms with Gasteiger partial charge in [-0.1, -0.05) is 23.7 Å². The second kappa shape index (κ2) is 10.9. The molecule has 0 aliphatic rings. The number of ether oxygens (including phenoxy) is 2. The van der Waals surface area contributed by atoms with Crippen molar-refractivity contribution in [1.82, 2.24) is 9.97 Å². The van der Waals surface area contributed by atoms with Crippen molar-refractivity contribution in [3.05, 3.63) is 77.8 Å². The second-order valence-corrected chi connectivity index (χ2v) is 9.97. The SMILES string of the molecule is COc1ccc(-c2cc(-c3ccc(Cl)cc3)nc(NS(=O)(=O)c3ccc(NC(C)=O)cc3)n2)c(OC)c1. The molecule has 9 nitrogen and oxygen atoms in total. The number of anilines is 2. The average Bonchev–Trinajstić information content (AvgIpc) is 2.88. The molecule has 0 aliphatic carbocycles. The Balaban J connectivity index is 1.78. The van der Waals surface area contributed by atoms with Gasteiger partial charge < -0.3 is 14.8 Å². The van der Waals surface area contributed by atoms with Crippen molar-refractivity contribution >= 4 is 39.2 Å². The summed E-state index contributed by atoms with van der Waals surface area (Å²) < 4.78 is 39.6. The lowest BCUT2D eigenvalue weighted by molar-refractivity contribution is -0.114. The number of hydrogen-bond donors (Lipinski definition) is 2. The van der Waals surface area contributed by atoms with E-state index in [0.29, 0.717) is 44.7 Å². The predicted molar refractivity (Wildman–Crippen MR) is 143 cm³/mol. The highest BCUT2D eigenvalue weighted by atomic mass is 35.5. The van der Waals surface area contributed by atoms with Crippen LogP contribution in [0.25, 0.3) is 22.5 Å². The smallest absolute Gasteiger partial charge is 0.264 e. The molecule has 0 radical (unpaired) electrons. The van der Waals surface area contributed by atoms with E-state index in [-0.39, 0.29) is 16.8 Å².